The van der Waals surface area contributed by atoms with E-state index in [2.05, 4.69) is 32.9 Å². The van der Waals surface area contributed by atoms with Gasteiger partial charge in [0.2, 0.25) is 5.91 Å². The van der Waals surface area contributed by atoms with Crippen molar-refractivity contribution < 1.29 is 39.9 Å². The Morgan fingerprint density at radius 2 is 1.85 bits per heavy atom. The maximum atomic E-state index is 14.4. The molecule has 1 aromatic carbocycles. The van der Waals surface area contributed by atoms with E-state index in [1.165, 1.54) is 0 Å². The van der Waals surface area contributed by atoms with Gasteiger partial charge in [0, 0.05) is 42.0 Å². The van der Waals surface area contributed by atoms with Gasteiger partial charge in [0.1, 0.15) is 17.5 Å². The molecule has 14 atom stereocenters. The number of hydrogen-bond donors (Lipinski definition) is 5. The summed E-state index contributed by atoms with van der Waals surface area (Å²) >= 11 is 0. The van der Waals surface area contributed by atoms with Gasteiger partial charge in [-0.05, 0) is 129 Å². The summed E-state index contributed by atoms with van der Waals surface area (Å²) in [6, 6.07) is 5.38. The first kappa shape index (κ1) is 35.2. The number of anilines is 1. The summed E-state index contributed by atoms with van der Waals surface area (Å²) in [6.45, 7) is 7.17. The van der Waals surface area contributed by atoms with E-state index >= 15 is 0 Å². The molecule has 1 aromatic rings. The summed E-state index contributed by atoms with van der Waals surface area (Å²) in [5.74, 6) is -0.475. The van der Waals surface area contributed by atoms with Crippen LogP contribution < -0.4 is 4.90 Å². The van der Waals surface area contributed by atoms with Crippen LogP contribution in [0.5, 0.6) is 5.75 Å². The molecular weight excluding hydrogens is 658 g/mol. The smallest absolute Gasteiger partial charge is 0.227 e. The Bertz CT molecular complexity index is 1720. The zero-order valence-corrected chi connectivity index (χ0v) is 30.9. The first-order valence-corrected chi connectivity index (χ1v) is 20.3. The second-order valence-corrected chi connectivity index (χ2v) is 18.7. The Morgan fingerprint density at radius 1 is 1.04 bits per heavy atom. The van der Waals surface area contributed by atoms with Crippen LogP contribution >= 0.6 is 0 Å². The van der Waals surface area contributed by atoms with Crippen LogP contribution in [0.2, 0.25) is 0 Å². The number of epoxide rings is 1. The molecule has 2 bridgehead atoms. The Morgan fingerprint density at radius 3 is 2.60 bits per heavy atom. The Kier molecular flexibility index (Phi) is 8.09. The van der Waals surface area contributed by atoms with Crippen LogP contribution in [0, 0.1) is 52.3 Å². The number of ketones is 1. The third-order valence-electron chi connectivity index (χ3n) is 16.3. The molecule has 0 aromatic heterocycles. The zero-order valence-electron chi connectivity index (χ0n) is 30.9. The molecule has 9 rings (SSSR count). The maximum absolute atomic E-state index is 14.4. The molecule has 282 valence electrons. The molecule has 5 N–H and O–H groups in total. The van der Waals surface area contributed by atoms with E-state index in [0.29, 0.717) is 75.9 Å². The lowest BCUT2D eigenvalue weighted by molar-refractivity contribution is -0.202. The largest absolute Gasteiger partial charge is 0.508 e. The molecular formula is C43H57NO8. The number of aliphatic hydroxyl groups excluding tert-OH is 2. The molecule has 6 fully saturated rings. The van der Waals surface area contributed by atoms with Crippen LogP contribution in [0.1, 0.15) is 97.0 Å². The number of phenols is 1. The second-order valence-electron chi connectivity index (χ2n) is 18.7. The van der Waals surface area contributed by atoms with Gasteiger partial charge in [0.25, 0.3) is 0 Å². The highest BCUT2D eigenvalue weighted by atomic mass is 16.6. The molecule has 8 aliphatic rings. The minimum absolute atomic E-state index is 0.0314. The van der Waals surface area contributed by atoms with Crippen molar-refractivity contribution in [1.82, 2.24) is 0 Å². The minimum Gasteiger partial charge on any atom is -0.508 e. The predicted octanol–water partition coefficient (Wildman–Crippen LogP) is 5.00. The van der Waals surface area contributed by atoms with Gasteiger partial charge >= 0.3 is 0 Å². The number of phenolic OH excluding ortho intramolecular Hbond substituents is 1. The van der Waals surface area contributed by atoms with Gasteiger partial charge in [-0.1, -0.05) is 39.3 Å². The van der Waals surface area contributed by atoms with Gasteiger partial charge in [-0.15, -0.1) is 0 Å². The minimum atomic E-state index is -1.39. The van der Waals surface area contributed by atoms with Crippen LogP contribution in [0.3, 0.4) is 0 Å². The molecule has 9 nitrogen and oxygen atoms in total. The second kappa shape index (κ2) is 12.0. The fourth-order valence-corrected chi connectivity index (χ4v) is 13.8. The van der Waals surface area contributed by atoms with Crippen LogP contribution in [-0.4, -0.2) is 79.4 Å². The lowest BCUT2D eigenvalue weighted by Gasteiger charge is -2.66. The van der Waals surface area contributed by atoms with Crippen molar-refractivity contribution in [3.05, 3.63) is 47.6 Å². The fraction of sp³-hybridized carbons (Fsp3) is 0.721. The van der Waals surface area contributed by atoms with Crippen molar-refractivity contribution in [3.63, 3.8) is 0 Å². The van der Waals surface area contributed by atoms with Gasteiger partial charge in [-0.2, -0.15) is 0 Å². The molecule has 2 heterocycles. The van der Waals surface area contributed by atoms with Gasteiger partial charge < -0.3 is 35.2 Å². The molecule has 6 aliphatic carbocycles. The summed E-state index contributed by atoms with van der Waals surface area (Å²) in [5.41, 5.74) is -1.66. The molecule has 0 radical (unpaired) electrons. The Balaban J connectivity index is 1.16. The number of carbonyl (C=O) groups is 2. The highest BCUT2D eigenvalue weighted by Gasteiger charge is 2.76. The number of nitrogens with zero attached hydrogens (tertiary/aromatic N) is 1. The van der Waals surface area contributed by atoms with E-state index in [0.717, 1.165) is 30.4 Å². The average Bonchev–Trinajstić information content (AvgIpc) is 3.72. The van der Waals surface area contributed by atoms with E-state index in [4.69, 9.17) is 4.74 Å². The monoisotopic (exact) mass is 715 g/mol. The summed E-state index contributed by atoms with van der Waals surface area (Å²) in [7, 11) is 0. The quantitative estimate of drug-likeness (QED) is 0.196. The molecule has 0 unspecified atom stereocenters. The van der Waals surface area contributed by atoms with Crippen molar-refractivity contribution >= 4 is 17.4 Å². The third kappa shape index (κ3) is 4.71. The average molecular weight is 716 g/mol. The highest BCUT2D eigenvalue weighted by molar-refractivity contribution is 5.96. The molecule has 2 saturated heterocycles. The third-order valence-corrected chi connectivity index (χ3v) is 16.3. The van der Waals surface area contributed by atoms with Crippen molar-refractivity contribution in [2.24, 2.45) is 52.3 Å². The lowest BCUT2D eigenvalue weighted by atomic mass is 9.39. The number of aryl methyl sites for hydroxylation is 1. The van der Waals surface area contributed by atoms with Crippen LogP contribution in [0.4, 0.5) is 5.69 Å². The molecule has 2 aliphatic heterocycles. The standard InChI is InChI=1S/C43H57NO8/c1-23(2)24(3)38-39(52-38)42(50)13-4-7-26-19-30-31(21-32(46)36-29-8-5-12-40(30,36)22-33(47)37(29)49)43(51)15-11-34(42)41(26,43)14-10-25-17-27(20-28(45)18-25)44-16-6-9-35(44)48/h4,7,17-18,20-21,23-24,26,29-30,33-34,36-39,45,47,49-51H,5-6,8-16,19,22H2,1-3H3/t24-,26-,29-,30+,33+,34+,36+,37-,38+,39-,40-,41-,42-,43-/m1/s1. The van der Waals surface area contributed by atoms with Gasteiger partial charge in [-0.25, -0.2) is 0 Å². The van der Waals surface area contributed by atoms with Gasteiger partial charge in [-0.3, -0.25) is 9.59 Å². The van der Waals surface area contributed by atoms with Crippen molar-refractivity contribution in [1.29, 1.82) is 0 Å². The Hall–Kier alpha value is -2.56. The topological polar surface area (TPSA) is 151 Å². The lowest BCUT2D eigenvalue weighted by Crippen LogP contribution is -2.68. The number of hydrogen-bond acceptors (Lipinski definition) is 8. The molecule has 4 saturated carbocycles. The Labute approximate surface area is 307 Å². The normalized spacial score (nSPS) is 46.7. The highest BCUT2D eigenvalue weighted by Crippen LogP contribution is 2.75. The maximum Gasteiger partial charge on any atom is 0.227 e. The molecule has 52 heavy (non-hydrogen) atoms. The van der Waals surface area contributed by atoms with E-state index in [9.17, 15) is 35.1 Å². The summed E-state index contributed by atoms with van der Waals surface area (Å²) < 4.78 is 6.42. The fourth-order valence-electron chi connectivity index (χ4n) is 13.8. The number of rotatable bonds is 7. The number of aliphatic hydroxyl groups is 4. The van der Waals surface area contributed by atoms with E-state index < -0.39 is 34.2 Å². The first-order valence-electron chi connectivity index (χ1n) is 20.3. The summed E-state index contributed by atoms with van der Waals surface area (Å²) in [6.07, 6.45) is 11.0. The van der Waals surface area contributed by atoms with Crippen molar-refractivity contribution in [2.75, 3.05) is 11.4 Å². The molecule has 0 spiro atoms. The van der Waals surface area contributed by atoms with E-state index in [1.54, 1.807) is 23.1 Å². The van der Waals surface area contributed by atoms with E-state index in [1.807, 2.05) is 6.07 Å². The van der Waals surface area contributed by atoms with Crippen molar-refractivity contribution in [3.8, 4) is 5.75 Å². The number of benzene rings is 1. The van der Waals surface area contributed by atoms with Crippen LogP contribution in [0.25, 0.3) is 0 Å². The summed E-state index contributed by atoms with van der Waals surface area (Å²) in [5, 5.41) is 60.0. The zero-order chi connectivity index (χ0) is 36.5. The number of allylic oxidation sites excluding steroid dienone is 2. The number of aromatic hydroxyl groups is 1. The van der Waals surface area contributed by atoms with Crippen LogP contribution in [0.15, 0.2) is 42.0 Å². The van der Waals surface area contributed by atoms with Gasteiger partial charge in [0.15, 0.2) is 5.78 Å². The van der Waals surface area contributed by atoms with E-state index in [-0.39, 0.29) is 65.2 Å². The van der Waals surface area contributed by atoms with Gasteiger partial charge in [0.05, 0.1) is 23.9 Å². The number of ether oxygens (including phenoxy) is 1. The summed E-state index contributed by atoms with van der Waals surface area (Å²) in [4.78, 5) is 28.8. The number of amides is 1. The first-order chi connectivity index (χ1) is 24.7. The SMILES string of the molecule is CC(C)[C@@H](C)[C@@H]1O[C@H]1[C@@]1(O)CC=C[C@@H]2C[C@H]3C(=CC(=O)[C@@H]4[C@H]5CCC[C@]43C[C@H](O)[C@@H]5O)[C@]3(O)CC[C@H]1[C@@]23CCc1cc(O)cc(N2CCCC2=O)c1. The molecule has 9 heteroatoms. The number of carbonyl (C=O) groups excluding carboxylic acids is 2. The predicted molar refractivity (Wildman–Crippen MR) is 194 cm³/mol. The number of fused-ring (bicyclic) bond motifs is 2. The van der Waals surface area contributed by atoms with Crippen LogP contribution in [-0.2, 0) is 20.7 Å². The molecule has 1 amide bonds. The van der Waals surface area contributed by atoms with Crippen molar-refractivity contribution in [2.45, 2.75) is 133 Å².